The molecule has 0 spiro atoms. The zero-order valence-corrected chi connectivity index (χ0v) is 11.9. The lowest BCUT2D eigenvalue weighted by atomic mass is 10.2. The smallest absolute Gasteiger partial charge is 0.244 e. The van der Waals surface area contributed by atoms with Crippen molar-refractivity contribution in [2.45, 2.75) is 38.1 Å². The van der Waals surface area contributed by atoms with Crippen LogP contribution in [0.3, 0.4) is 0 Å². The molecule has 0 aliphatic rings. The van der Waals surface area contributed by atoms with E-state index in [0.29, 0.717) is 17.8 Å². The van der Waals surface area contributed by atoms with Crippen molar-refractivity contribution in [2.24, 2.45) is 0 Å². The van der Waals surface area contributed by atoms with E-state index in [1.54, 1.807) is 33.1 Å². The van der Waals surface area contributed by atoms with Gasteiger partial charge in [0.15, 0.2) is 0 Å². The highest BCUT2D eigenvalue weighted by atomic mass is 32.2. The third-order valence-corrected chi connectivity index (χ3v) is 4.62. The average molecular weight is 283 g/mol. The first kappa shape index (κ1) is 13.8. The molecule has 0 aromatic carbocycles. The molecule has 0 aliphatic heterocycles. The van der Waals surface area contributed by atoms with E-state index in [9.17, 15) is 8.42 Å². The van der Waals surface area contributed by atoms with Crippen LogP contribution in [0.1, 0.15) is 24.1 Å². The number of sulfonamides is 1. The number of nitrogens with one attached hydrogen (secondary N) is 2. The summed E-state index contributed by atoms with van der Waals surface area (Å²) in [6, 6.07) is 3.34. The fourth-order valence-corrected chi connectivity index (χ4v) is 3.65. The van der Waals surface area contributed by atoms with Crippen LogP contribution in [0.25, 0.3) is 0 Å². The molecule has 0 aliphatic carbocycles. The number of aromatic amines is 1. The molecule has 2 aromatic rings. The number of rotatable bonds is 5. The highest BCUT2D eigenvalue weighted by molar-refractivity contribution is 7.89. The van der Waals surface area contributed by atoms with Gasteiger partial charge in [-0.25, -0.2) is 13.1 Å². The molecule has 104 valence electrons. The molecule has 0 saturated carbocycles. The molecule has 0 fully saturated rings. The summed E-state index contributed by atoms with van der Waals surface area (Å²) in [5, 5.41) is 6.58. The Labute approximate surface area is 112 Å². The molecule has 0 radical (unpaired) electrons. The fraction of sp³-hybridized carbons (Fsp3) is 0.417. The summed E-state index contributed by atoms with van der Waals surface area (Å²) in [6.45, 7) is 5.14. The van der Waals surface area contributed by atoms with E-state index in [1.807, 2.05) is 6.07 Å². The summed E-state index contributed by atoms with van der Waals surface area (Å²) in [5.74, 6) is 0.746. The maximum absolute atomic E-state index is 12.3. The minimum atomic E-state index is -3.57. The SMILES string of the molecule is Cc1n[nH]c(C)c1S(=O)(=O)NC(C)Cc1ccco1. The molecule has 0 saturated heterocycles. The standard InChI is InChI=1S/C12H17N3O3S/c1-8(7-11-5-4-6-18-11)15-19(16,17)12-9(2)13-14-10(12)3/h4-6,8,15H,7H2,1-3H3,(H,13,14). The Hall–Kier alpha value is -1.60. The second kappa shape index (κ2) is 5.18. The molecular weight excluding hydrogens is 266 g/mol. The second-order valence-corrected chi connectivity index (χ2v) is 6.22. The van der Waals surface area contributed by atoms with E-state index in [2.05, 4.69) is 14.9 Å². The zero-order valence-electron chi connectivity index (χ0n) is 11.1. The molecular formula is C12H17N3O3S. The Morgan fingerprint density at radius 1 is 1.47 bits per heavy atom. The molecule has 6 nitrogen and oxygen atoms in total. The van der Waals surface area contributed by atoms with Gasteiger partial charge in [-0.05, 0) is 32.9 Å². The van der Waals surface area contributed by atoms with Crippen molar-refractivity contribution in [3.8, 4) is 0 Å². The Bertz CT molecular complexity index is 624. The molecule has 2 aromatic heterocycles. The van der Waals surface area contributed by atoms with E-state index in [1.165, 1.54) is 0 Å². The van der Waals surface area contributed by atoms with Crippen molar-refractivity contribution in [3.63, 3.8) is 0 Å². The Morgan fingerprint density at radius 3 is 2.74 bits per heavy atom. The largest absolute Gasteiger partial charge is 0.469 e. The average Bonchev–Trinajstić information content (AvgIpc) is 2.88. The van der Waals surface area contributed by atoms with Crippen molar-refractivity contribution in [1.29, 1.82) is 0 Å². The number of furan rings is 1. The maximum atomic E-state index is 12.3. The Balaban J connectivity index is 2.13. The third kappa shape index (κ3) is 3.05. The lowest BCUT2D eigenvalue weighted by molar-refractivity contribution is 0.479. The van der Waals surface area contributed by atoms with E-state index in [0.717, 1.165) is 5.76 Å². The second-order valence-electron chi connectivity index (χ2n) is 4.57. The molecule has 2 N–H and O–H groups in total. The van der Waals surface area contributed by atoms with Gasteiger partial charge in [0.1, 0.15) is 10.7 Å². The van der Waals surface area contributed by atoms with Gasteiger partial charge in [-0.1, -0.05) is 0 Å². The quantitative estimate of drug-likeness (QED) is 0.871. The van der Waals surface area contributed by atoms with E-state index < -0.39 is 10.0 Å². The summed E-state index contributed by atoms with van der Waals surface area (Å²) >= 11 is 0. The van der Waals surface area contributed by atoms with Crippen LogP contribution >= 0.6 is 0 Å². The molecule has 1 unspecified atom stereocenters. The molecule has 2 heterocycles. The van der Waals surface area contributed by atoms with Gasteiger partial charge in [0.2, 0.25) is 10.0 Å². The van der Waals surface area contributed by atoms with Gasteiger partial charge in [-0.3, -0.25) is 5.10 Å². The Kier molecular flexibility index (Phi) is 3.77. The van der Waals surface area contributed by atoms with E-state index in [4.69, 9.17) is 4.42 Å². The summed E-state index contributed by atoms with van der Waals surface area (Å²) in [6.07, 6.45) is 2.07. The van der Waals surface area contributed by atoms with Crippen molar-refractivity contribution in [3.05, 3.63) is 35.5 Å². The zero-order chi connectivity index (χ0) is 14.0. The first-order valence-corrected chi connectivity index (χ1v) is 7.44. The molecule has 19 heavy (non-hydrogen) atoms. The van der Waals surface area contributed by atoms with Crippen LogP contribution in [0.5, 0.6) is 0 Å². The highest BCUT2D eigenvalue weighted by Gasteiger charge is 2.24. The fourth-order valence-electron chi connectivity index (χ4n) is 2.03. The van der Waals surface area contributed by atoms with Gasteiger partial charge in [-0.2, -0.15) is 5.10 Å². The molecule has 0 bridgehead atoms. The van der Waals surface area contributed by atoms with Crippen LogP contribution in [0.4, 0.5) is 0 Å². The summed E-state index contributed by atoms with van der Waals surface area (Å²) < 4.78 is 32.4. The van der Waals surface area contributed by atoms with Gasteiger partial charge in [0.25, 0.3) is 0 Å². The Morgan fingerprint density at radius 2 is 2.21 bits per heavy atom. The predicted molar refractivity (Wildman–Crippen MR) is 70.3 cm³/mol. The number of aryl methyl sites for hydroxylation is 2. The van der Waals surface area contributed by atoms with Crippen LogP contribution in [0.15, 0.2) is 27.7 Å². The van der Waals surface area contributed by atoms with Crippen LogP contribution in [0, 0.1) is 13.8 Å². The van der Waals surface area contributed by atoms with E-state index in [-0.39, 0.29) is 10.9 Å². The normalized spacial score (nSPS) is 13.6. The van der Waals surface area contributed by atoms with Gasteiger partial charge in [0.05, 0.1) is 17.7 Å². The number of hydrogen-bond acceptors (Lipinski definition) is 4. The molecule has 2 rings (SSSR count). The number of hydrogen-bond donors (Lipinski definition) is 2. The van der Waals surface area contributed by atoms with Crippen LogP contribution in [-0.4, -0.2) is 24.7 Å². The summed E-state index contributed by atoms with van der Waals surface area (Å²) in [4.78, 5) is 0.221. The van der Waals surface area contributed by atoms with Crippen molar-refractivity contribution < 1.29 is 12.8 Å². The lowest BCUT2D eigenvalue weighted by Gasteiger charge is -2.13. The first-order valence-electron chi connectivity index (χ1n) is 5.96. The monoisotopic (exact) mass is 283 g/mol. The van der Waals surface area contributed by atoms with Crippen LogP contribution < -0.4 is 4.72 Å². The molecule has 7 heteroatoms. The van der Waals surface area contributed by atoms with Gasteiger partial charge < -0.3 is 4.42 Å². The van der Waals surface area contributed by atoms with Crippen LogP contribution in [-0.2, 0) is 16.4 Å². The maximum Gasteiger partial charge on any atom is 0.244 e. The first-order chi connectivity index (χ1) is 8.90. The van der Waals surface area contributed by atoms with Gasteiger partial charge in [-0.15, -0.1) is 0 Å². The predicted octanol–water partition coefficient (Wildman–Crippen LogP) is 1.53. The van der Waals surface area contributed by atoms with Crippen LogP contribution in [0.2, 0.25) is 0 Å². The van der Waals surface area contributed by atoms with Crippen molar-refractivity contribution >= 4 is 10.0 Å². The number of H-pyrrole nitrogens is 1. The lowest BCUT2D eigenvalue weighted by Crippen LogP contribution is -2.34. The van der Waals surface area contributed by atoms with Gasteiger partial charge in [0, 0.05) is 12.5 Å². The third-order valence-electron chi connectivity index (χ3n) is 2.77. The van der Waals surface area contributed by atoms with E-state index >= 15 is 0 Å². The summed E-state index contributed by atoms with van der Waals surface area (Å²) in [7, 11) is -3.57. The molecule has 0 amide bonds. The minimum Gasteiger partial charge on any atom is -0.469 e. The summed E-state index contributed by atoms with van der Waals surface area (Å²) in [5.41, 5.74) is 1.00. The minimum absolute atomic E-state index is 0.221. The van der Waals surface area contributed by atoms with Crippen molar-refractivity contribution in [2.75, 3.05) is 0 Å². The topological polar surface area (TPSA) is 88.0 Å². The number of nitrogens with zero attached hydrogens (tertiary/aromatic N) is 1. The van der Waals surface area contributed by atoms with Crippen molar-refractivity contribution in [1.82, 2.24) is 14.9 Å². The number of aromatic nitrogens is 2. The highest BCUT2D eigenvalue weighted by Crippen LogP contribution is 2.17. The van der Waals surface area contributed by atoms with Gasteiger partial charge >= 0.3 is 0 Å². The molecule has 1 atom stereocenters.